The van der Waals surface area contributed by atoms with Gasteiger partial charge in [0.05, 0.1) is 5.56 Å². The molecule has 1 N–H and O–H groups in total. The van der Waals surface area contributed by atoms with Crippen molar-refractivity contribution in [3.8, 4) is 0 Å². The summed E-state index contributed by atoms with van der Waals surface area (Å²) in [7, 11) is 0. The van der Waals surface area contributed by atoms with E-state index in [1.54, 1.807) is 6.07 Å². The van der Waals surface area contributed by atoms with Crippen LogP contribution in [0.2, 0.25) is 0 Å². The molecule has 0 aromatic heterocycles. The predicted octanol–water partition coefficient (Wildman–Crippen LogP) is 3.55. The van der Waals surface area contributed by atoms with Gasteiger partial charge in [-0.15, -0.1) is 0 Å². The second-order valence-electron chi connectivity index (χ2n) is 7.83. The van der Waals surface area contributed by atoms with Crippen LogP contribution < -0.4 is 5.32 Å². The molecule has 2 aliphatic heterocycles. The highest BCUT2D eigenvalue weighted by Gasteiger charge is 2.37. The van der Waals surface area contributed by atoms with Gasteiger partial charge in [0, 0.05) is 13.1 Å². The Labute approximate surface area is 165 Å². The van der Waals surface area contributed by atoms with Gasteiger partial charge in [-0.25, -0.2) is 0 Å². The largest absolute Gasteiger partial charge is 0.416 e. The van der Waals surface area contributed by atoms with Crippen molar-refractivity contribution < 1.29 is 18.0 Å². The third-order valence-electron chi connectivity index (χ3n) is 6.27. The van der Waals surface area contributed by atoms with Gasteiger partial charge >= 0.3 is 6.18 Å². The maximum Gasteiger partial charge on any atom is 0.416 e. The van der Waals surface area contributed by atoms with E-state index in [0.29, 0.717) is 43.6 Å². The molecule has 2 aliphatic rings. The molecule has 3 atom stereocenters. The first-order chi connectivity index (χ1) is 13.3. The lowest BCUT2D eigenvalue weighted by molar-refractivity contribution is -0.139. The lowest BCUT2D eigenvalue weighted by Crippen LogP contribution is -2.43. The maximum absolute atomic E-state index is 13.5. The molecule has 2 fully saturated rings. The maximum atomic E-state index is 13.5. The molecule has 0 saturated carbocycles. The quantitative estimate of drug-likeness (QED) is 0.826. The van der Waals surface area contributed by atoms with Gasteiger partial charge < -0.3 is 10.2 Å². The number of carbonyl (C=O) groups is 1. The van der Waals surface area contributed by atoms with E-state index in [4.69, 9.17) is 0 Å². The summed E-state index contributed by atoms with van der Waals surface area (Å²) in [5, 5.41) is 3.42. The number of nitrogens with one attached hydrogen (secondary N) is 1. The van der Waals surface area contributed by atoms with E-state index in [9.17, 15) is 18.0 Å². The average Bonchev–Trinajstić information content (AvgIpc) is 3.03. The van der Waals surface area contributed by atoms with E-state index in [1.807, 2.05) is 23.6 Å². The highest BCUT2D eigenvalue weighted by molar-refractivity contribution is 5.83. The third-order valence-corrected chi connectivity index (χ3v) is 6.27. The van der Waals surface area contributed by atoms with E-state index in [0.717, 1.165) is 38.1 Å². The summed E-state index contributed by atoms with van der Waals surface area (Å²) in [6.45, 7) is 8.44. The fraction of sp³-hybridized carbons (Fsp3) is 0.667. The Morgan fingerprint density at radius 3 is 2.32 bits per heavy atom. The summed E-state index contributed by atoms with van der Waals surface area (Å²) < 4.78 is 39.7. The van der Waals surface area contributed by atoms with E-state index >= 15 is 0 Å². The van der Waals surface area contributed by atoms with Crippen LogP contribution in [0.25, 0.3) is 0 Å². The number of benzene rings is 1. The smallest absolute Gasteiger partial charge is 0.341 e. The number of rotatable bonds is 5. The number of likely N-dealkylation sites (tertiary alicyclic amines) is 1. The Morgan fingerprint density at radius 2 is 1.79 bits per heavy atom. The fourth-order valence-corrected chi connectivity index (χ4v) is 4.59. The first-order valence-corrected chi connectivity index (χ1v) is 10.3. The topological polar surface area (TPSA) is 35.6 Å². The van der Waals surface area contributed by atoms with Crippen LogP contribution in [-0.4, -0.2) is 55.0 Å². The summed E-state index contributed by atoms with van der Waals surface area (Å²) in [5.41, 5.74) is -0.277. The molecule has 1 unspecified atom stereocenters. The number of amides is 1. The van der Waals surface area contributed by atoms with E-state index in [-0.39, 0.29) is 5.91 Å². The predicted molar refractivity (Wildman–Crippen MR) is 103 cm³/mol. The fourth-order valence-electron chi connectivity index (χ4n) is 4.59. The van der Waals surface area contributed by atoms with Crippen molar-refractivity contribution in [3.05, 3.63) is 35.4 Å². The molecule has 2 saturated heterocycles. The second-order valence-corrected chi connectivity index (χ2v) is 7.83. The van der Waals surface area contributed by atoms with E-state index in [2.05, 4.69) is 5.32 Å². The molecule has 7 heteroatoms. The monoisotopic (exact) mass is 397 g/mol. The normalized spacial score (nSPS) is 24.1. The summed E-state index contributed by atoms with van der Waals surface area (Å²) in [5.74, 6) is 1.12. The van der Waals surface area contributed by atoms with Crippen molar-refractivity contribution in [3.63, 3.8) is 0 Å². The number of carbonyl (C=O) groups excluding carboxylic acids is 1. The zero-order valence-electron chi connectivity index (χ0n) is 16.6. The number of alkyl halides is 3. The van der Waals surface area contributed by atoms with Gasteiger partial charge in [0.1, 0.15) is 6.04 Å². The molecule has 28 heavy (non-hydrogen) atoms. The first-order valence-electron chi connectivity index (χ1n) is 10.3. The minimum Gasteiger partial charge on any atom is -0.341 e. The standard InChI is InChI=1S/C21H30F3N3O/c1-3-26(4-2)19(15-6-5-7-18(12-15)21(22,23)24)20(28)27-10-8-16-13-25-14-17(16)9-11-27/h5-7,12,16-17,19,25H,3-4,8-11,13-14H2,1-2H3/t16-,17+,19?. The lowest BCUT2D eigenvalue weighted by atomic mass is 9.92. The second kappa shape index (κ2) is 8.82. The van der Waals surface area contributed by atoms with E-state index < -0.39 is 17.8 Å². The van der Waals surface area contributed by atoms with Crippen molar-refractivity contribution in [2.75, 3.05) is 39.3 Å². The molecular formula is C21H30F3N3O. The molecule has 2 heterocycles. The van der Waals surface area contributed by atoms with Crippen LogP contribution >= 0.6 is 0 Å². The SMILES string of the molecule is CCN(CC)C(C(=O)N1CC[C@@H]2CNC[C@@H]2CC1)c1cccc(C(F)(F)F)c1. The Hall–Kier alpha value is -1.60. The van der Waals surface area contributed by atoms with Crippen molar-refractivity contribution >= 4 is 5.91 Å². The van der Waals surface area contributed by atoms with Gasteiger partial charge in [0.15, 0.2) is 0 Å². The summed E-state index contributed by atoms with van der Waals surface area (Å²) in [6.07, 6.45) is -2.51. The molecular weight excluding hydrogens is 367 g/mol. The zero-order chi connectivity index (χ0) is 20.3. The van der Waals surface area contributed by atoms with Crippen LogP contribution in [0.1, 0.15) is 43.9 Å². The molecule has 0 bridgehead atoms. The molecule has 1 aromatic carbocycles. The number of fused-ring (bicyclic) bond motifs is 1. The number of hydrogen-bond donors (Lipinski definition) is 1. The number of halogens is 3. The van der Waals surface area contributed by atoms with Gasteiger partial charge in [0.25, 0.3) is 0 Å². The molecule has 1 aromatic rings. The van der Waals surface area contributed by atoms with Crippen molar-refractivity contribution in [1.82, 2.24) is 15.1 Å². The van der Waals surface area contributed by atoms with Crippen LogP contribution in [0.4, 0.5) is 13.2 Å². The number of hydrogen-bond acceptors (Lipinski definition) is 3. The minimum atomic E-state index is -4.42. The van der Waals surface area contributed by atoms with Gasteiger partial charge in [0.2, 0.25) is 5.91 Å². The number of nitrogens with zero attached hydrogens (tertiary/aromatic N) is 2. The molecule has 4 nitrogen and oxygen atoms in total. The minimum absolute atomic E-state index is 0.0732. The summed E-state index contributed by atoms with van der Waals surface area (Å²) in [4.78, 5) is 17.3. The number of likely N-dealkylation sites (N-methyl/N-ethyl adjacent to an activating group) is 1. The van der Waals surface area contributed by atoms with Gasteiger partial charge in [-0.3, -0.25) is 9.69 Å². The van der Waals surface area contributed by atoms with Crippen molar-refractivity contribution in [2.24, 2.45) is 11.8 Å². The van der Waals surface area contributed by atoms with E-state index in [1.165, 1.54) is 6.07 Å². The molecule has 0 aliphatic carbocycles. The Balaban J connectivity index is 1.86. The molecule has 3 rings (SSSR count). The molecule has 1 amide bonds. The Bertz CT molecular complexity index is 661. The Morgan fingerprint density at radius 1 is 1.18 bits per heavy atom. The van der Waals surface area contributed by atoms with Gasteiger partial charge in [-0.1, -0.05) is 26.0 Å². The summed E-state index contributed by atoms with van der Waals surface area (Å²) >= 11 is 0. The zero-order valence-corrected chi connectivity index (χ0v) is 16.6. The Kier molecular flexibility index (Phi) is 6.65. The molecule has 0 radical (unpaired) electrons. The van der Waals surface area contributed by atoms with Crippen molar-refractivity contribution in [1.29, 1.82) is 0 Å². The van der Waals surface area contributed by atoms with Crippen LogP contribution in [0, 0.1) is 11.8 Å². The first kappa shape index (κ1) is 21.1. The van der Waals surface area contributed by atoms with Crippen LogP contribution in [0.5, 0.6) is 0 Å². The van der Waals surface area contributed by atoms with Crippen LogP contribution in [0.3, 0.4) is 0 Å². The average molecular weight is 397 g/mol. The highest BCUT2D eigenvalue weighted by atomic mass is 19.4. The third kappa shape index (κ3) is 4.51. The van der Waals surface area contributed by atoms with Gasteiger partial charge in [-0.2, -0.15) is 13.2 Å². The highest BCUT2D eigenvalue weighted by Crippen LogP contribution is 2.34. The van der Waals surface area contributed by atoms with Crippen LogP contribution in [-0.2, 0) is 11.0 Å². The molecule has 0 spiro atoms. The lowest BCUT2D eigenvalue weighted by Gasteiger charge is -2.34. The van der Waals surface area contributed by atoms with Crippen LogP contribution in [0.15, 0.2) is 24.3 Å². The van der Waals surface area contributed by atoms with Crippen molar-refractivity contribution in [2.45, 2.75) is 38.9 Å². The summed E-state index contributed by atoms with van der Waals surface area (Å²) in [6, 6.07) is 4.57. The van der Waals surface area contributed by atoms with Gasteiger partial charge in [-0.05, 0) is 68.6 Å². The molecule has 156 valence electrons.